The van der Waals surface area contributed by atoms with Crippen molar-refractivity contribution >= 4 is 33.6 Å². The number of ether oxygens (including phenoxy) is 3. The van der Waals surface area contributed by atoms with Crippen molar-refractivity contribution in [3.63, 3.8) is 0 Å². The van der Waals surface area contributed by atoms with E-state index in [0.717, 1.165) is 173 Å². The van der Waals surface area contributed by atoms with E-state index in [4.69, 9.17) is 32.3 Å². The molecule has 0 saturated carbocycles. The lowest BCUT2D eigenvalue weighted by atomic mass is 10.0. The van der Waals surface area contributed by atoms with Crippen molar-refractivity contribution in [3.8, 4) is 0 Å². The van der Waals surface area contributed by atoms with Crippen LogP contribution in [0.1, 0.15) is 290 Å². The van der Waals surface area contributed by atoms with Gasteiger partial charge in [-0.05, 0) is 122 Å². The van der Waals surface area contributed by atoms with Gasteiger partial charge in [-0.25, -0.2) is 9.13 Å². The van der Waals surface area contributed by atoms with Crippen LogP contribution in [0.5, 0.6) is 0 Å². The van der Waals surface area contributed by atoms with Crippen LogP contribution in [0, 0.1) is 0 Å². The van der Waals surface area contributed by atoms with Gasteiger partial charge < -0.3 is 34.2 Å². The number of phosphoric ester groups is 2. The van der Waals surface area contributed by atoms with Crippen molar-refractivity contribution in [3.05, 3.63) is 122 Å². The number of esters is 3. The molecule has 0 amide bonds. The maximum atomic E-state index is 12.9. The molecular formula is C77H132O16P2. The predicted octanol–water partition coefficient (Wildman–Crippen LogP) is 21.0. The minimum atomic E-state index is -4.93. The lowest BCUT2D eigenvalue weighted by Crippen LogP contribution is -2.30. The summed E-state index contributed by atoms with van der Waals surface area (Å²) in [6.07, 6.45) is 81.2. The van der Waals surface area contributed by atoms with Crippen LogP contribution in [0.2, 0.25) is 0 Å². The van der Waals surface area contributed by atoms with Crippen molar-refractivity contribution < 1.29 is 75.8 Å². The Bertz CT molecular complexity index is 2210. The van der Waals surface area contributed by atoms with Gasteiger partial charge in [0.25, 0.3) is 0 Å². The van der Waals surface area contributed by atoms with Gasteiger partial charge in [0.05, 0.1) is 26.4 Å². The lowest BCUT2D eigenvalue weighted by Gasteiger charge is -2.21. The first-order valence-electron chi connectivity index (χ1n) is 36.8. The zero-order valence-corrected chi connectivity index (χ0v) is 61.1. The van der Waals surface area contributed by atoms with Gasteiger partial charge in [-0.2, -0.15) is 0 Å². The van der Waals surface area contributed by atoms with E-state index in [1.54, 1.807) is 0 Å². The summed E-state index contributed by atoms with van der Waals surface area (Å²) < 4.78 is 60.9. The molecule has 0 aliphatic heterocycles. The number of hydrogen-bond acceptors (Lipinski definition) is 14. The van der Waals surface area contributed by atoms with E-state index in [0.29, 0.717) is 19.3 Å². The summed E-state index contributed by atoms with van der Waals surface area (Å²) in [5.41, 5.74) is 0. The molecule has 0 rings (SSSR count). The Kier molecular flexibility index (Phi) is 66.9. The lowest BCUT2D eigenvalue weighted by molar-refractivity contribution is -0.161. The highest BCUT2D eigenvalue weighted by atomic mass is 31.2. The summed E-state index contributed by atoms with van der Waals surface area (Å²) in [4.78, 5) is 58.4. The Morgan fingerprint density at radius 1 is 0.305 bits per heavy atom. The fourth-order valence-corrected chi connectivity index (χ4v) is 11.2. The van der Waals surface area contributed by atoms with E-state index in [9.17, 15) is 43.5 Å². The van der Waals surface area contributed by atoms with Crippen LogP contribution < -0.4 is 0 Å². The van der Waals surface area contributed by atoms with Gasteiger partial charge in [0, 0.05) is 19.3 Å². The van der Waals surface area contributed by atoms with Crippen LogP contribution in [0.4, 0.5) is 0 Å². The van der Waals surface area contributed by atoms with Crippen LogP contribution in [0.25, 0.3) is 0 Å². The number of carbonyl (C=O) groups excluding carboxylic acids is 3. The summed E-state index contributed by atoms with van der Waals surface area (Å²) in [5, 5.41) is 20.6. The molecule has 0 aromatic rings. The second kappa shape index (κ2) is 69.8. The van der Waals surface area contributed by atoms with E-state index in [-0.39, 0.29) is 19.3 Å². The molecule has 16 nitrogen and oxygen atoms in total. The molecule has 0 aromatic carbocycles. The summed E-state index contributed by atoms with van der Waals surface area (Å²) >= 11 is 0. The molecule has 0 radical (unpaired) electrons. The average molecular weight is 1380 g/mol. The number of aliphatic hydroxyl groups is 2. The Hall–Kier alpha value is -4.05. The van der Waals surface area contributed by atoms with Gasteiger partial charge in [0.1, 0.15) is 25.4 Å². The number of hydrogen-bond donors (Lipinski definition) is 4. The Labute approximate surface area is 576 Å². The van der Waals surface area contributed by atoms with Crippen LogP contribution in [-0.2, 0) is 55.8 Å². The molecule has 5 unspecified atom stereocenters. The molecular weight excluding hydrogens is 1240 g/mol. The second-order valence-corrected chi connectivity index (χ2v) is 27.2. The number of rotatable bonds is 69. The fraction of sp³-hybridized carbons (Fsp3) is 0.701. The third-order valence-corrected chi connectivity index (χ3v) is 17.0. The molecule has 0 aliphatic rings. The zero-order valence-electron chi connectivity index (χ0n) is 59.3. The van der Waals surface area contributed by atoms with Crippen molar-refractivity contribution in [2.75, 3.05) is 39.6 Å². The number of carbonyl (C=O) groups is 3. The van der Waals surface area contributed by atoms with E-state index in [1.807, 2.05) is 0 Å². The molecule has 5 atom stereocenters. The van der Waals surface area contributed by atoms with Crippen LogP contribution in [0.15, 0.2) is 122 Å². The SMILES string of the molecule is CC/C=C\C/C=C\C/C=C\C/C=C\C/C=C\CCCCCCCCCCCCCCCC(=O)OCC(O)COP(=O)(O)OCC(O)COP(=O)(O)OCC(COC(=O)CCCCCCCCC/C=C\C/C=C\C/C=C\CC)OC(=O)CCCCCCC/C=C\C/C=C\CCC. The molecule has 18 heteroatoms. The van der Waals surface area contributed by atoms with Gasteiger partial charge in [0.2, 0.25) is 0 Å². The Balaban J connectivity index is 4.47. The standard InChI is InChI=1S/C77H132O16P2/c1-4-7-10-13-16-19-22-25-27-29-30-31-32-33-34-35-36-37-38-39-40-42-44-46-48-51-54-57-60-63-75(80)87-66-72(78)67-89-94(83,84)90-68-73(79)69-91-95(85,86)92-71-74(93-77(82)65-62-59-56-53-50-45-24-21-18-15-12-9-6-3)70-88-76(81)64-61-58-55-52-49-47-43-41-28-26-23-20-17-14-11-8-5-2/h7-8,10-12,15-17,19-21,24-28,30-31,33-34,72-74,78-79H,4-6,9,13-14,18,22-23,29,32,35-71H2,1-3H3,(H,83,84)(H,85,86)/b10-7-,11-8-,15-12-,19-16-,20-17-,24-21-,27-25-,28-26-,31-30-,34-33-. The highest BCUT2D eigenvalue weighted by Gasteiger charge is 2.29. The highest BCUT2D eigenvalue weighted by molar-refractivity contribution is 7.47. The largest absolute Gasteiger partial charge is 0.472 e. The van der Waals surface area contributed by atoms with Crippen molar-refractivity contribution in [2.45, 2.75) is 309 Å². The molecule has 0 fully saturated rings. The van der Waals surface area contributed by atoms with Crippen molar-refractivity contribution in [2.24, 2.45) is 0 Å². The predicted molar refractivity (Wildman–Crippen MR) is 390 cm³/mol. The Morgan fingerprint density at radius 2 is 0.558 bits per heavy atom. The number of allylic oxidation sites excluding steroid dienone is 20. The number of unbranched alkanes of at least 4 members (excludes halogenated alkanes) is 26. The van der Waals surface area contributed by atoms with Gasteiger partial charge in [-0.15, -0.1) is 0 Å². The highest BCUT2D eigenvalue weighted by Crippen LogP contribution is 2.45. The molecule has 0 aliphatic carbocycles. The van der Waals surface area contributed by atoms with Gasteiger partial charge in [-0.1, -0.05) is 271 Å². The summed E-state index contributed by atoms with van der Waals surface area (Å²) in [6, 6.07) is 0. The van der Waals surface area contributed by atoms with Crippen LogP contribution in [-0.4, -0.2) is 95.9 Å². The molecule has 0 spiro atoms. The first kappa shape index (κ1) is 91.0. The normalized spacial score (nSPS) is 14.8. The maximum Gasteiger partial charge on any atom is 0.472 e. The third kappa shape index (κ3) is 71.1. The number of aliphatic hydroxyl groups excluding tert-OH is 2. The van der Waals surface area contributed by atoms with Crippen LogP contribution >= 0.6 is 15.6 Å². The molecule has 0 saturated heterocycles. The molecule has 546 valence electrons. The summed E-state index contributed by atoms with van der Waals surface area (Å²) in [7, 11) is -9.79. The summed E-state index contributed by atoms with van der Waals surface area (Å²) in [5.74, 6) is -1.60. The maximum absolute atomic E-state index is 12.9. The zero-order chi connectivity index (χ0) is 69.5. The second-order valence-electron chi connectivity index (χ2n) is 24.3. The molecule has 0 heterocycles. The van der Waals surface area contributed by atoms with E-state index in [2.05, 4.69) is 142 Å². The smallest absolute Gasteiger partial charge is 0.463 e. The van der Waals surface area contributed by atoms with E-state index >= 15 is 0 Å². The average Bonchev–Trinajstić information content (AvgIpc) is 3.76. The van der Waals surface area contributed by atoms with Crippen LogP contribution in [0.3, 0.4) is 0 Å². The first-order valence-corrected chi connectivity index (χ1v) is 39.8. The number of phosphoric acid groups is 2. The monoisotopic (exact) mass is 1370 g/mol. The van der Waals surface area contributed by atoms with Gasteiger partial charge in [0.15, 0.2) is 6.10 Å². The molecule has 0 aromatic heterocycles. The topological polar surface area (TPSA) is 231 Å². The van der Waals surface area contributed by atoms with Crippen molar-refractivity contribution in [1.29, 1.82) is 0 Å². The van der Waals surface area contributed by atoms with Gasteiger partial charge >= 0.3 is 33.6 Å². The quantitative estimate of drug-likeness (QED) is 0.0146. The van der Waals surface area contributed by atoms with E-state index < -0.39 is 91.5 Å². The Morgan fingerprint density at radius 3 is 0.884 bits per heavy atom. The third-order valence-electron chi connectivity index (χ3n) is 15.1. The minimum absolute atomic E-state index is 0.0846. The minimum Gasteiger partial charge on any atom is -0.463 e. The fourth-order valence-electron chi connectivity index (χ4n) is 9.59. The van der Waals surface area contributed by atoms with Gasteiger partial charge in [-0.3, -0.25) is 32.5 Å². The van der Waals surface area contributed by atoms with Crippen molar-refractivity contribution in [1.82, 2.24) is 0 Å². The van der Waals surface area contributed by atoms with E-state index in [1.165, 1.54) is 57.8 Å². The molecule has 4 N–H and O–H groups in total. The summed E-state index contributed by atoms with van der Waals surface area (Å²) in [6.45, 7) is 2.36. The first-order chi connectivity index (χ1) is 46.2. The molecule has 0 bridgehead atoms. The molecule has 95 heavy (non-hydrogen) atoms.